The molecule has 144 valence electrons. The second kappa shape index (κ2) is 8.63. The minimum Gasteiger partial charge on any atom is -0.396 e. The maximum Gasteiger partial charge on any atom is 0.196 e. The third-order valence-corrected chi connectivity index (χ3v) is 5.77. The number of nitrogens with one attached hydrogen (secondary N) is 1. The summed E-state index contributed by atoms with van der Waals surface area (Å²) in [6, 6.07) is 16.7. The van der Waals surface area contributed by atoms with Crippen LogP contribution in [0.15, 0.2) is 59.9 Å². The second-order valence-corrected chi connectivity index (χ2v) is 7.92. The summed E-state index contributed by atoms with van der Waals surface area (Å²) in [6.45, 7) is 2.36. The normalized spacial score (nSPS) is 11.4. The Balaban J connectivity index is 1.74. The zero-order chi connectivity index (χ0) is 19.3. The highest BCUT2D eigenvalue weighted by molar-refractivity contribution is 7.99. The summed E-state index contributed by atoms with van der Waals surface area (Å²) in [5.41, 5.74) is 4.42. The molecule has 0 aliphatic heterocycles. The molecule has 0 saturated carbocycles. The number of aliphatic hydroxyl groups excluding tert-OH is 1. The molecule has 4 aromatic rings. The van der Waals surface area contributed by atoms with E-state index in [2.05, 4.69) is 63.1 Å². The van der Waals surface area contributed by atoms with Gasteiger partial charge in [-0.05, 0) is 43.5 Å². The minimum atomic E-state index is 0.259. The lowest BCUT2D eigenvalue weighted by Crippen LogP contribution is -2.00. The summed E-state index contributed by atoms with van der Waals surface area (Å²) in [6.07, 6.45) is 4.94. The van der Waals surface area contributed by atoms with Crippen LogP contribution in [0, 0.1) is 6.92 Å². The van der Waals surface area contributed by atoms with Crippen LogP contribution in [0.1, 0.15) is 24.8 Å². The number of aromatic amines is 1. The van der Waals surface area contributed by atoms with Gasteiger partial charge in [-0.25, -0.2) is 0 Å². The van der Waals surface area contributed by atoms with Gasteiger partial charge in [0.05, 0.1) is 0 Å². The molecule has 0 unspecified atom stereocenters. The van der Waals surface area contributed by atoms with Gasteiger partial charge in [0, 0.05) is 40.7 Å². The SMILES string of the molecule is Cc1cccc(-n2c(SCCCCCO)nnc2-c2c[nH]c3ccccc23)c1. The van der Waals surface area contributed by atoms with Gasteiger partial charge in [0.25, 0.3) is 0 Å². The molecule has 0 radical (unpaired) electrons. The number of aryl methyl sites for hydroxylation is 1. The van der Waals surface area contributed by atoms with E-state index in [0.717, 1.165) is 58.1 Å². The van der Waals surface area contributed by atoms with Crippen molar-refractivity contribution in [3.05, 3.63) is 60.3 Å². The lowest BCUT2D eigenvalue weighted by Gasteiger charge is -2.11. The number of aliphatic hydroxyl groups is 1. The van der Waals surface area contributed by atoms with Crippen LogP contribution >= 0.6 is 11.8 Å². The van der Waals surface area contributed by atoms with Crippen LogP contribution in [0.4, 0.5) is 0 Å². The van der Waals surface area contributed by atoms with Crippen LogP contribution in [0.25, 0.3) is 28.0 Å². The van der Waals surface area contributed by atoms with Crippen molar-refractivity contribution in [3.63, 3.8) is 0 Å². The molecule has 28 heavy (non-hydrogen) atoms. The van der Waals surface area contributed by atoms with E-state index in [1.165, 1.54) is 5.56 Å². The third kappa shape index (κ3) is 3.84. The molecular weight excluding hydrogens is 368 g/mol. The lowest BCUT2D eigenvalue weighted by atomic mass is 10.1. The minimum absolute atomic E-state index is 0.259. The maximum absolute atomic E-state index is 8.96. The van der Waals surface area contributed by atoms with E-state index in [4.69, 9.17) is 5.11 Å². The third-order valence-electron chi connectivity index (χ3n) is 4.76. The fourth-order valence-electron chi connectivity index (χ4n) is 3.35. The van der Waals surface area contributed by atoms with Crippen molar-refractivity contribution in [1.29, 1.82) is 0 Å². The summed E-state index contributed by atoms with van der Waals surface area (Å²) < 4.78 is 2.15. The highest BCUT2D eigenvalue weighted by atomic mass is 32.2. The molecule has 5 nitrogen and oxygen atoms in total. The van der Waals surface area contributed by atoms with E-state index < -0.39 is 0 Å². The van der Waals surface area contributed by atoms with Gasteiger partial charge in [0.2, 0.25) is 0 Å². The molecule has 6 heteroatoms. The number of hydrogen-bond donors (Lipinski definition) is 2. The van der Waals surface area contributed by atoms with Gasteiger partial charge in [-0.3, -0.25) is 4.57 Å². The van der Waals surface area contributed by atoms with E-state index >= 15 is 0 Å². The average Bonchev–Trinajstić information content (AvgIpc) is 3.31. The number of aromatic nitrogens is 4. The molecule has 0 spiro atoms. The van der Waals surface area contributed by atoms with Crippen LogP contribution in [0.2, 0.25) is 0 Å². The van der Waals surface area contributed by atoms with Crippen LogP contribution in [0.5, 0.6) is 0 Å². The smallest absolute Gasteiger partial charge is 0.196 e. The number of H-pyrrole nitrogens is 1. The Bertz CT molecular complexity index is 1070. The van der Waals surface area contributed by atoms with Gasteiger partial charge in [0.1, 0.15) is 0 Å². The van der Waals surface area contributed by atoms with E-state index in [1.54, 1.807) is 11.8 Å². The second-order valence-electron chi connectivity index (χ2n) is 6.86. The molecule has 0 atom stereocenters. The fourth-order valence-corrected chi connectivity index (χ4v) is 4.30. The largest absolute Gasteiger partial charge is 0.396 e. The molecule has 2 N–H and O–H groups in total. The lowest BCUT2D eigenvalue weighted by molar-refractivity contribution is 0.284. The number of nitrogens with zero attached hydrogens (tertiary/aromatic N) is 3. The first-order chi connectivity index (χ1) is 13.8. The predicted octanol–water partition coefficient (Wildman–Crippen LogP) is 4.98. The Morgan fingerprint density at radius 1 is 1.04 bits per heavy atom. The number of unbranched alkanes of at least 4 members (excludes halogenated alkanes) is 2. The quantitative estimate of drug-likeness (QED) is 0.328. The van der Waals surface area contributed by atoms with Gasteiger partial charge < -0.3 is 10.1 Å². The van der Waals surface area contributed by atoms with E-state index in [1.807, 2.05) is 18.3 Å². The number of hydrogen-bond acceptors (Lipinski definition) is 4. The Morgan fingerprint density at radius 3 is 2.79 bits per heavy atom. The highest BCUT2D eigenvalue weighted by Gasteiger charge is 2.18. The molecule has 2 aromatic carbocycles. The van der Waals surface area contributed by atoms with Crippen molar-refractivity contribution in [3.8, 4) is 17.1 Å². The highest BCUT2D eigenvalue weighted by Crippen LogP contribution is 2.32. The zero-order valence-corrected chi connectivity index (χ0v) is 16.7. The molecule has 0 saturated heterocycles. The number of para-hydroxylation sites is 1. The van der Waals surface area contributed by atoms with E-state index in [-0.39, 0.29) is 6.61 Å². The van der Waals surface area contributed by atoms with Crippen molar-refractivity contribution in [2.45, 2.75) is 31.3 Å². The maximum atomic E-state index is 8.96. The monoisotopic (exact) mass is 392 g/mol. The molecule has 0 aliphatic rings. The Labute approximate surface area is 168 Å². The van der Waals surface area contributed by atoms with Crippen molar-refractivity contribution < 1.29 is 5.11 Å². The summed E-state index contributed by atoms with van der Waals surface area (Å²) in [4.78, 5) is 3.34. The van der Waals surface area contributed by atoms with Crippen LogP contribution < -0.4 is 0 Å². The van der Waals surface area contributed by atoms with Crippen LogP contribution in [0.3, 0.4) is 0 Å². The molecule has 4 rings (SSSR count). The van der Waals surface area contributed by atoms with E-state index in [0.29, 0.717) is 0 Å². The van der Waals surface area contributed by atoms with Gasteiger partial charge >= 0.3 is 0 Å². The van der Waals surface area contributed by atoms with Crippen LogP contribution in [-0.2, 0) is 0 Å². The number of thioether (sulfide) groups is 1. The van der Waals surface area contributed by atoms with Gasteiger partial charge in [-0.15, -0.1) is 10.2 Å². The van der Waals surface area contributed by atoms with Crippen molar-refractivity contribution in [1.82, 2.24) is 19.7 Å². The fraction of sp³-hybridized carbons (Fsp3) is 0.273. The topological polar surface area (TPSA) is 66.7 Å². The molecule has 2 aromatic heterocycles. The van der Waals surface area contributed by atoms with Gasteiger partial charge in [-0.2, -0.15) is 0 Å². The Morgan fingerprint density at radius 2 is 1.93 bits per heavy atom. The van der Waals surface area contributed by atoms with Gasteiger partial charge in [-0.1, -0.05) is 48.5 Å². The first-order valence-corrected chi connectivity index (χ1v) is 10.6. The molecule has 0 amide bonds. The Kier molecular flexibility index (Phi) is 5.78. The molecule has 0 bridgehead atoms. The first kappa shape index (κ1) is 18.8. The predicted molar refractivity (Wildman–Crippen MR) is 115 cm³/mol. The van der Waals surface area contributed by atoms with Gasteiger partial charge in [0.15, 0.2) is 11.0 Å². The molecular formula is C22H24N4OS. The summed E-state index contributed by atoms with van der Waals surface area (Å²) >= 11 is 1.72. The zero-order valence-electron chi connectivity index (χ0n) is 15.9. The summed E-state index contributed by atoms with van der Waals surface area (Å²) in [5, 5.41) is 20.1. The summed E-state index contributed by atoms with van der Waals surface area (Å²) in [5.74, 6) is 1.80. The average molecular weight is 393 g/mol. The Hall–Kier alpha value is -2.57. The van der Waals surface area contributed by atoms with Crippen molar-refractivity contribution >= 4 is 22.7 Å². The standard InChI is InChI=1S/C22H24N4OS/c1-16-8-7-9-17(14-16)26-21(19-15-23-20-11-4-3-10-18(19)20)24-25-22(26)28-13-6-2-5-12-27/h3-4,7-11,14-15,23,27H,2,5-6,12-13H2,1H3. The summed E-state index contributed by atoms with van der Waals surface area (Å²) in [7, 11) is 0. The van der Waals surface area contributed by atoms with Crippen molar-refractivity contribution in [2.75, 3.05) is 12.4 Å². The number of fused-ring (bicyclic) bond motifs is 1. The van der Waals surface area contributed by atoms with Crippen LogP contribution in [-0.4, -0.2) is 37.2 Å². The number of rotatable bonds is 8. The number of benzene rings is 2. The molecule has 2 heterocycles. The molecule has 0 aliphatic carbocycles. The first-order valence-electron chi connectivity index (χ1n) is 9.60. The molecule has 0 fully saturated rings. The van der Waals surface area contributed by atoms with E-state index in [9.17, 15) is 0 Å². The van der Waals surface area contributed by atoms with Crippen molar-refractivity contribution in [2.24, 2.45) is 0 Å².